The summed E-state index contributed by atoms with van der Waals surface area (Å²) < 4.78 is 37.9. The Hall–Kier alpha value is -1.47. The number of hydrogen-bond acceptors (Lipinski definition) is 3. The molecule has 88 valence electrons. The van der Waals surface area contributed by atoms with Crippen molar-refractivity contribution >= 4 is 15.9 Å². The fraction of sp³-hybridized carbons (Fsp3) is 0.222. The molecule has 0 saturated heterocycles. The minimum Gasteiger partial charge on any atom is -0.368 e. The Morgan fingerprint density at radius 2 is 1.88 bits per heavy atom. The van der Waals surface area contributed by atoms with E-state index >= 15 is 0 Å². The molecular weight excluding hydrogens is 235 g/mol. The molecule has 7 heteroatoms. The minimum atomic E-state index is -3.84. The maximum Gasteiger partial charge on any atom is 0.241 e. The van der Waals surface area contributed by atoms with Crippen LogP contribution in [0.4, 0.5) is 4.39 Å². The van der Waals surface area contributed by atoms with Crippen LogP contribution in [0.2, 0.25) is 0 Å². The summed E-state index contributed by atoms with van der Waals surface area (Å²) in [6.07, 6.45) is 0. The van der Waals surface area contributed by atoms with Gasteiger partial charge in [-0.2, -0.15) is 4.72 Å². The van der Waals surface area contributed by atoms with Gasteiger partial charge in [0.25, 0.3) is 0 Å². The molecule has 1 aromatic carbocycles. The lowest BCUT2D eigenvalue weighted by atomic mass is 10.3. The van der Waals surface area contributed by atoms with Crippen molar-refractivity contribution in [2.45, 2.75) is 17.9 Å². The van der Waals surface area contributed by atoms with Crippen LogP contribution >= 0.6 is 0 Å². The van der Waals surface area contributed by atoms with E-state index in [0.717, 1.165) is 24.3 Å². The van der Waals surface area contributed by atoms with Crippen molar-refractivity contribution in [1.29, 1.82) is 0 Å². The molecule has 0 aromatic heterocycles. The third-order valence-electron chi connectivity index (χ3n) is 1.88. The lowest BCUT2D eigenvalue weighted by Crippen LogP contribution is -2.42. The van der Waals surface area contributed by atoms with Gasteiger partial charge in [0.05, 0.1) is 10.9 Å². The SMILES string of the molecule is C[C@@H](NS(=O)(=O)c1ccc(F)cc1)C(N)=O. The largest absolute Gasteiger partial charge is 0.368 e. The number of sulfonamides is 1. The van der Waals surface area contributed by atoms with Crippen LogP contribution in [0, 0.1) is 5.82 Å². The lowest BCUT2D eigenvalue weighted by Gasteiger charge is -2.10. The predicted molar refractivity (Wildman–Crippen MR) is 55.4 cm³/mol. The highest BCUT2D eigenvalue weighted by atomic mass is 32.2. The second-order valence-electron chi connectivity index (χ2n) is 3.20. The Morgan fingerprint density at radius 3 is 2.31 bits per heavy atom. The van der Waals surface area contributed by atoms with Gasteiger partial charge >= 0.3 is 0 Å². The van der Waals surface area contributed by atoms with Crippen LogP contribution in [0.5, 0.6) is 0 Å². The van der Waals surface area contributed by atoms with E-state index in [9.17, 15) is 17.6 Å². The molecule has 0 saturated carbocycles. The van der Waals surface area contributed by atoms with Crippen LogP contribution in [-0.2, 0) is 14.8 Å². The lowest BCUT2D eigenvalue weighted by molar-refractivity contribution is -0.119. The summed E-state index contributed by atoms with van der Waals surface area (Å²) in [4.78, 5) is 10.6. The van der Waals surface area contributed by atoms with Gasteiger partial charge in [-0.05, 0) is 31.2 Å². The van der Waals surface area contributed by atoms with Crippen LogP contribution in [0.15, 0.2) is 29.2 Å². The summed E-state index contributed by atoms with van der Waals surface area (Å²) in [6.45, 7) is 1.32. The quantitative estimate of drug-likeness (QED) is 0.782. The zero-order valence-corrected chi connectivity index (χ0v) is 9.29. The number of hydrogen-bond donors (Lipinski definition) is 2. The molecule has 1 aromatic rings. The van der Waals surface area contributed by atoms with Crippen LogP contribution in [0.3, 0.4) is 0 Å². The highest BCUT2D eigenvalue weighted by molar-refractivity contribution is 7.89. The van der Waals surface area contributed by atoms with Crippen molar-refractivity contribution in [3.8, 4) is 0 Å². The molecule has 0 radical (unpaired) electrons. The van der Waals surface area contributed by atoms with Crippen molar-refractivity contribution in [3.63, 3.8) is 0 Å². The Kier molecular flexibility index (Phi) is 3.61. The molecule has 3 N–H and O–H groups in total. The fourth-order valence-corrected chi connectivity index (χ4v) is 2.18. The van der Waals surface area contributed by atoms with Gasteiger partial charge in [0.1, 0.15) is 5.82 Å². The van der Waals surface area contributed by atoms with E-state index in [-0.39, 0.29) is 4.90 Å². The number of amides is 1. The molecule has 0 aliphatic rings. The maximum absolute atomic E-state index is 12.6. The first-order chi connectivity index (χ1) is 7.33. The van der Waals surface area contributed by atoms with Crippen LogP contribution in [0.25, 0.3) is 0 Å². The van der Waals surface area contributed by atoms with E-state index in [4.69, 9.17) is 5.73 Å². The molecule has 0 spiro atoms. The maximum atomic E-state index is 12.6. The second-order valence-corrected chi connectivity index (χ2v) is 4.91. The summed E-state index contributed by atoms with van der Waals surface area (Å²) in [7, 11) is -3.84. The summed E-state index contributed by atoms with van der Waals surface area (Å²) in [6, 6.07) is 3.22. The van der Waals surface area contributed by atoms with Gasteiger partial charge in [-0.1, -0.05) is 0 Å². The van der Waals surface area contributed by atoms with E-state index in [1.165, 1.54) is 6.92 Å². The predicted octanol–water partition coefficient (Wildman–Crippen LogP) is -0.0222. The number of rotatable bonds is 4. The minimum absolute atomic E-state index is 0.123. The summed E-state index contributed by atoms with van der Waals surface area (Å²) in [5.41, 5.74) is 4.92. The summed E-state index contributed by atoms with van der Waals surface area (Å²) in [5.74, 6) is -1.33. The number of halogens is 1. The Morgan fingerprint density at radius 1 is 1.38 bits per heavy atom. The second kappa shape index (κ2) is 4.58. The average Bonchev–Trinajstić information content (AvgIpc) is 2.17. The molecule has 0 fully saturated rings. The van der Waals surface area contributed by atoms with Gasteiger partial charge in [-0.3, -0.25) is 4.79 Å². The molecule has 0 bridgehead atoms. The molecule has 16 heavy (non-hydrogen) atoms. The number of primary amides is 1. The highest BCUT2D eigenvalue weighted by Crippen LogP contribution is 2.09. The summed E-state index contributed by atoms with van der Waals surface area (Å²) in [5, 5.41) is 0. The van der Waals surface area contributed by atoms with Crippen LogP contribution in [0.1, 0.15) is 6.92 Å². The van der Waals surface area contributed by atoms with Gasteiger partial charge in [-0.25, -0.2) is 12.8 Å². The third kappa shape index (κ3) is 3.01. The smallest absolute Gasteiger partial charge is 0.241 e. The molecule has 0 unspecified atom stereocenters. The molecule has 5 nitrogen and oxygen atoms in total. The zero-order valence-electron chi connectivity index (χ0n) is 8.48. The molecular formula is C9H11FN2O3S. The Labute approximate surface area is 92.5 Å². The standard InChI is InChI=1S/C9H11FN2O3S/c1-6(9(11)13)12-16(14,15)8-4-2-7(10)3-5-8/h2-6,12H,1H3,(H2,11,13)/t6-/m1/s1. The van der Waals surface area contributed by atoms with Gasteiger partial charge in [0.2, 0.25) is 15.9 Å². The first kappa shape index (κ1) is 12.6. The first-order valence-corrected chi connectivity index (χ1v) is 5.88. The molecule has 1 rings (SSSR count). The molecule has 0 heterocycles. The van der Waals surface area contributed by atoms with Crippen LogP contribution < -0.4 is 10.5 Å². The topological polar surface area (TPSA) is 89.3 Å². The number of carbonyl (C=O) groups excluding carboxylic acids is 1. The summed E-state index contributed by atoms with van der Waals surface area (Å²) >= 11 is 0. The highest BCUT2D eigenvalue weighted by Gasteiger charge is 2.19. The Balaban J connectivity index is 2.94. The van der Waals surface area contributed by atoms with Crippen molar-refractivity contribution in [2.24, 2.45) is 5.73 Å². The molecule has 1 atom stereocenters. The zero-order chi connectivity index (χ0) is 12.3. The molecule has 0 aliphatic carbocycles. The molecule has 1 amide bonds. The van der Waals surface area contributed by atoms with Crippen molar-refractivity contribution < 1.29 is 17.6 Å². The number of benzene rings is 1. The van der Waals surface area contributed by atoms with Crippen molar-refractivity contribution in [2.75, 3.05) is 0 Å². The normalized spacial score (nSPS) is 13.4. The van der Waals surface area contributed by atoms with Gasteiger partial charge in [0.15, 0.2) is 0 Å². The van der Waals surface area contributed by atoms with Crippen molar-refractivity contribution in [3.05, 3.63) is 30.1 Å². The average molecular weight is 246 g/mol. The van der Waals surface area contributed by atoms with Gasteiger partial charge < -0.3 is 5.73 Å². The van der Waals surface area contributed by atoms with Crippen LogP contribution in [-0.4, -0.2) is 20.4 Å². The first-order valence-electron chi connectivity index (χ1n) is 4.40. The van der Waals surface area contributed by atoms with Gasteiger partial charge in [0, 0.05) is 0 Å². The van der Waals surface area contributed by atoms with E-state index in [0.29, 0.717) is 0 Å². The number of carbonyl (C=O) groups is 1. The van der Waals surface area contributed by atoms with E-state index in [2.05, 4.69) is 4.72 Å². The van der Waals surface area contributed by atoms with Crippen molar-refractivity contribution in [1.82, 2.24) is 4.72 Å². The Bertz CT molecular complexity index is 484. The van der Waals surface area contributed by atoms with E-state index in [1.54, 1.807) is 0 Å². The third-order valence-corrected chi connectivity index (χ3v) is 3.44. The number of nitrogens with one attached hydrogen (secondary N) is 1. The van der Waals surface area contributed by atoms with Gasteiger partial charge in [-0.15, -0.1) is 0 Å². The number of nitrogens with two attached hydrogens (primary N) is 1. The van der Waals surface area contributed by atoms with E-state index < -0.39 is 27.8 Å². The fourth-order valence-electron chi connectivity index (χ4n) is 0.973. The van der Waals surface area contributed by atoms with E-state index in [1.807, 2.05) is 0 Å². The molecule has 0 aliphatic heterocycles. The monoisotopic (exact) mass is 246 g/mol.